The Labute approximate surface area is 204 Å². The average molecular weight is 487 g/mol. The summed E-state index contributed by atoms with van der Waals surface area (Å²) in [6.45, 7) is 6.40. The number of nitrogens with one attached hydrogen (secondary N) is 1. The van der Waals surface area contributed by atoms with Gasteiger partial charge in [-0.15, -0.1) is 0 Å². The van der Waals surface area contributed by atoms with E-state index in [1.807, 2.05) is 48.8 Å². The van der Waals surface area contributed by atoms with E-state index in [9.17, 15) is 5.11 Å². The first-order chi connectivity index (χ1) is 15.1. The van der Waals surface area contributed by atoms with Gasteiger partial charge in [-0.3, -0.25) is 0 Å². The highest BCUT2D eigenvalue weighted by atomic mass is 35.5. The summed E-state index contributed by atoms with van der Waals surface area (Å²) in [5.74, 6) is 0.452. The van der Waals surface area contributed by atoms with Gasteiger partial charge in [0, 0.05) is 17.8 Å². The van der Waals surface area contributed by atoms with E-state index in [4.69, 9.17) is 40.2 Å². The van der Waals surface area contributed by atoms with Crippen molar-refractivity contribution >= 4 is 57.6 Å². The van der Waals surface area contributed by atoms with Crippen molar-refractivity contribution in [3.05, 3.63) is 88.2 Å². The van der Waals surface area contributed by atoms with Crippen LogP contribution in [-0.2, 0) is 5.41 Å². The molecular weight excluding hydrogens is 463 g/mol. The molecule has 3 aromatic rings. The van der Waals surface area contributed by atoms with Crippen LogP contribution in [0.5, 0.6) is 5.75 Å². The van der Waals surface area contributed by atoms with E-state index >= 15 is 0 Å². The molecule has 4 nitrogen and oxygen atoms in total. The zero-order valence-electron chi connectivity index (χ0n) is 18.3. The Kier molecular flexibility index (Phi) is 7.44. The lowest BCUT2D eigenvalue weighted by molar-refractivity contribution is -0.577. The SMILES string of the molecule is COc1ccc(NC(=S)/C(=C(\[O-])c2ccc(Cl)c(Cl)c2)[n+]2ccc(C(C)(C)C)cc2)cc1. The predicted octanol–water partition coefficient (Wildman–Crippen LogP) is 5.71. The summed E-state index contributed by atoms with van der Waals surface area (Å²) in [5, 5.41) is 17.4. The molecule has 2 aromatic carbocycles. The summed E-state index contributed by atoms with van der Waals surface area (Å²) < 4.78 is 6.92. The molecule has 32 heavy (non-hydrogen) atoms. The Morgan fingerprint density at radius 3 is 2.12 bits per heavy atom. The number of hydrogen-bond acceptors (Lipinski definition) is 3. The largest absolute Gasteiger partial charge is 0.867 e. The molecule has 0 saturated heterocycles. The molecule has 0 aliphatic heterocycles. The van der Waals surface area contributed by atoms with E-state index in [-0.39, 0.29) is 16.2 Å². The van der Waals surface area contributed by atoms with Crippen LogP contribution in [0.1, 0.15) is 31.9 Å². The molecule has 0 radical (unpaired) electrons. The molecule has 0 spiro atoms. The van der Waals surface area contributed by atoms with Crippen LogP contribution >= 0.6 is 35.4 Å². The molecule has 0 bridgehead atoms. The van der Waals surface area contributed by atoms with Crippen LogP contribution in [-0.4, -0.2) is 12.1 Å². The molecular formula is C25H24Cl2N2O2S. The van der Waals surface area contributed by atoms with Crippen LogP contribution in [0.2, 0.25) is 10.0 Å². The number of hydrogen-bond donors (Lipinski definition) is 1. The summed E-state index contributed by atoms with van der Waals surface area (Å²) >= 11 is 17.9. The van der Waals surface area contributed by atoms with Gasteiger partial charge >= 0.3 is 0 Å². The Bertz CT molecular complexity index is 1150. The average Bonchev–Trinajstić information content (AvgIpc) is 2.76. The summed E-state index contributed by atoms with van der Waals surface area (Å²) in [6.07, 6.45) is 3.68. The Morgan fingerprint density at radius 2 is 1.59 bits per heavy atom. The van der Waals surface area contributed by atoms with Gasteiger partial charge in [0.1, 0.15) is 5.75 Å². The van der Waals surface area contributed by atoms with Crippen LogP contribution in [0.25, 0.3) is 11.5 Å². The van der Waals surface area contributed by atoms with Crippen molar-refractivity contribution in [2.24, 2.45) is 0 Å². The molecule has 0 fully saturated rings. The van der Waals surface area contributed by atoms with Crippen LogP contribution in [0.3, 0.4) is 0 Å². The number of rotatable bonds is 5. The van der Waals surface area contributed by atoms with Crippen LogP contribution < -0.4 is 19.7 Å². The third-order valence-electron chi connectivity index (χ3n) is 4.91. The van der Waals surface area contributed by atoms with Crippen molar-refractivity contribution < 1.29 is 14.4 Å². The number of benzene rings is 2. The first kappa shape index (κ1) is 24.1. The number of anilines is 1. The summed E-state index contributed by atoms with van der Waals surface area (Å²) in [6, 6.07) is 16.0. The van der Waals surface area contributed by atoms with Crippen molar-refractivity contribution in [2.45, 2.75) is 26.2 Å². The smallest absolute Gasteiger partial charge is 0.238 e. The zero-order valence-corrected chi connectivity index (χ0v) is 20.6. The highest BCUT2D eigenvalue weighted by Crippen LogP contribution is 2.27. The van der Waals surface area contributed by atoms with Crippen molar-refractivity contribution in [3.8, 4) is 5.75 Å². The first-order valence-electron chi connectivity index (χ1n) is 9.94. The topological polar surface area (TPSA) is 48.2 Å². The number of pyridine rings is 1. The van der Waals surface area contributed by atoms with E-state index in [2.05, 4.69) is 26.1 Å². The van der Waals surface area contributed by atoms with Gasteiger partial charge in [-0.2, -0.15) is 4.57 Å². The number of aromatic nitrogens is 1. The minimum absolute atomic E-state index is 0.0190. The molecule has 0 unspecified atom stereocenters. The highest BCUT2D eigenvalue weighted by molar-refractivity contribution is 7.81. The molecule has 166 valence electrons. The monoisotopic (exact) mass is 486 g/mol. The molecule has 0 saturated carbocycles. The fourth-order valence-corrected chi connectivity index (χ4v) is 3.67. The second-order valence-corrected chi connectivity index (χ2v) is 9.46. The molecule has 0 atom stereocenters. The quantitative estimate of drug-likeness (QED) is 0.217. The Morgan fingerprint density at radius 1 is 0.969 bits per heavy atom. The lowest BCUT2D eigenvalue weighted by Crippen LogP contribution is -2.40. The Hall–Kier alpha value is -2.60. The molecule has 3 rings (SSSR count). The van der Waals surface area contributed by atoms with Crippen molar-refractivity contribution in [3.63, 3.8) is 0 Å². The maximum atomic E-state index is 13.5. The van der Waals surface area contributed by atoms with Gasteiger partial charge in [0.25, 0.3) is 0 Å². The van der Waals surface area contributed by atoms with E-state index in [1.54, 1.807) is 29.9 Å². The Balaban J connectivity index is 2.07. The van der Waals surface area contributed by atoms with Crippen molar-refractivity contribution in [1.29, 1.82) is 0 Å². The number of ether oxygens (including phenoxy) is 1. The molecule has 0 aliphatic rings. The summed E-state index contributed by atoms with van der Waals surface area (Å²) in [7, 11) is 1.60. The third-order valence-corrected chi connectivity index (χ3v) is 5.95. The van der Waals surface area contributed by atoms with Gasteiger partial charge < -0.3 is 15.2 Å². The molecule has 1 heterocycles. The van der Waals surface area contributed by atoms with Crippen LogP contribution in [0, 0.1) is 0 Å². The minimum atomic E-state index is -0.275. The summed E-state index contributed by atoms with van der Waals surface area (Å²) in [5.41, 5.74) is 2.55. The lowest BCUT2D eigenvalue weighted by atomic mass is 9.88. The number of thiocarbonyl (C=S) groups is 1. The fourth-order valence-electron chi connectivity index (χ4n) is 3.05. The fraction of sp³-hybridized carbons (Fsp3) is 0.200. The standard InChI is InChI=1S/C25H24Cl2N2O2S/c1-25(2,3)17-11-13-29(14-12-17)22(23(30)16-5-10-20(26)21(27)15-16)24(32)28-18-6-8-19(31-4)9-7-18/h5-15H,1-4H3,(H-,28,30,32). The van der Waals surface area contributed by atoms with Gasteiger partial charge in [0.2, 0.25) is 5.70 Å². The molecule has 0 aliphatic carbocycles. The van der Waals surface area contributed by atoms with Gasteiger partial charge in [-0.05, 0) is 58.7 Å². The molecule has 0 amide bonds. The first-order valence-corrected chi connectivity index (χ1v) is 11.1. The maximum Gasteiger partial charge on any atom is 0.238 e. The predicted molar refractivity (Wildman–Crippen MR) is 134 cm³/mol. The number of nitrogens with zero attached hydrogens (tertiary/aromatic N) is 1. The summed E-state index contributed by atoms with van der Waals surface area (Å²) in [4.78, 5) is 0.278. The minimum Gasteiger partial charge on any atom is -0.867 e. The van der Waals surface area contributed by atoms with E-state index in [0.29, 0.717) is 21.3 Å². The third kappa shape index (κ3) is 5.60. The van der Waals surface area contributed by atoms with Gasteiger partial charge in [0.05, 0.1) is 17.2 Å². The second kappa shape index (κ2) is 9.90. The normalized spacial score (nSPS) is 12.2. The van der Waals surface area contributed by atoms with E-state index < -0.39 is 0 Å². The lowest BCUT2D eigenvalue weighted by Gasteiger charge is -2.20. The second-order valence-electron chi connectivity index (χ2n) is 8.23. The molecule has 1 N–H and O–H groups in total. The highest BCUT2D eigenvalue weighted by Gasteiger charge is 2.21. The maximum absolute atomic E-state index is 13.5. The van der Waals surface area contributed by atoms with E-state index in [0.717, 1.165) is 17.0 Å². The van der Waals surface area contributed by atoms with E-state index in [1.165, 1.54) is 0 Å². The van der Waals surface area contributed by atoms with Crippen LogP contribution in [0.4, 0.5) is 5.69 Å². The van der Waals surface area contributed by atoms with Crippen molar-refractivity contribution in [1.82, 2.24) is 0 Å². The molecule has 7 heteroatoms. The zero-order chi connectivity index (χ0) is 23.5. The van der Waals surface area contributed by atoms with Gasteiger partial charge in [-0.1, -0.05) is 62.3 Å². The van der Waals surface area contributed by atoms with Crippen molar-refractivity contribution in [2.75, 3.05) is 12.4 Å². The number of methoxy groups -OCH3 is 1. The van der Waals surface area contributed by atoms with Crippen LogP contribution in [0.15, 0.2) is 67.0 Å². The molecule has 1 aromatic heterocycles. The number of halogens is 2. The van der Waals surface area contributed by atoms with Gasteiger partial charge in [0.15, 0.2) is 17.4 Å². The van der Waals surface area contributed by atoms with Gasteiger partial charge in [-0.25, -0.2) is 0 Å².